The lowest BCUT2D eigenvalue weighted by Gasteiger charge is -2.39. The first-order valence-corrected chi connectivity index (χ1v) is 12.6. The van der Waals surface area contributed by atoms with Crippen LogP contribution < -0.4 is 5.32 Å². The smallest absolute Gasteiger partial charge is 0.416 e. The van der Waals surface area contributed by atoms with Crippen LogP contribution in [0.4, 0.5) is 13.2 Å². The van der Waals surface area contributed by atoms with Crippen molar-refractivity contribution in [1.82, 2.24) is 5.32 Å². The number of benzene rings is 3. The summed E-state index contributed by atoms with van der Waals surface area (Å²) in [4.78, 5) is 23.1. The highest BCUT2D eigenvalue weighted by atomic mass is 19.4. The molecule has 2 N–H and O–H groups in total. The SMILES string of the molecule is O=C(O)CCNC(=O)c1ccc(C2(c3ccc(-c4cccc(C(F)(F)F)c4)cc3)CC3CCC2C3)cc1. The van der Waals surface area contributed by atoms with Gasteiger partial charge >= 0.3 is 12.1 Å². The van der Waals surface area contributed by atoms with Gasteiger partial charge in [-0.1, -0.05) is 55.0 Å². The van der Waals surface area contributed by atoms with E-state index >= 15 is 0 Å². The minimum Gasteiger partial charge on any atom is -0.481 e. The van der Waals surface area contributed by atoms with E-state index in [9.17, 15) is 22.8 Å². The molecule has 0 saturated heterocycles. The number of rotatable bonds is 7. The van der Waals surface area contributed by atoms with Gasteiger partial charge in [0.05, 0.1) is 12.0 Å². The number of amides is 1. The average molecular weight is 508 g/mol. The maximum Gasteiger partial charge on any atom is 0.416 e. The van der Waals surface area contributed by atoms with Gasteiger partial charge in [0.2, 0.25) is 0 Å². The van der Waals surface area contributed by atoms with Gasteiger partial charge in [-0.3, -0.25) is 9.59 Å². The summed E-state index contributed by atoms with van der Waals surface area (Å²) < 4.78 is 39.6. The summed E-state index contributed by atoms with van der Waals surface area (Å²) in [7, 11) is 0. The average Bonchev–Trinajstić information content (AvgIpc) is 3.51. The summed E-state index contributed by atoms with van der Waals surface area (Å²) in [6.07, 6.45) is -0.0390. The predicted molar refractivity (Wildman–Crippen MR) is 134 cm³/mol. The molecule has 0 heterocycles. The Labute approximate surface area is 213 Å². The fourth-order valence-electron chi connectivity index (χ4n) is 6.34. The molecular weight excluding hydrogens is 479 g/mol. The number of halogens is 3. The van der Waals surface area contributed by atoms with Gasteiger partial charge in [-0.2, -0.15) is 13.2 Å². The second-order valence-corrected chi connectivity index (χ2v) is 10.2. The Kier molecular flexibility index (Phi) is 6.56. The Hall–Kier alpha value is -3.61. The second-order valence-electron chi connectivity index (χ2n) is 10.2. The Morgan fingerprint density at radius 1 is 0.919 bits per heavy atom. The van der Waals surface area contributed by atoms with Crippen LogP contribution in [0.1, 0.15) is 59.2 Å². The van der Waals surface area contributed by atoms with Crippen molar-refractivity contribution in [2.75, 3.05) is 6.54 Å². The summed E-state index contributed by atoms with van der Waals surface area (Å²) in [6, 6.07) is 20.9. The molecule has 2 aliphatic rings. The van der Waals surface area contributed by atoms with Crippen LogP contribution in [0, 0.1) is 11.8 Å². The Morgan fingerprint density at radius 2 is 1.59 bits per heavy atom. The van der Waals surface area contributed by atoms with E-state index in [2.05, 4.69) is 5.32 Å². The maximum atomic E-state index is 13.2. The number of carbonyl (C=O) groups excluding carboxylic acids is 1. The molecule has 4 nitrogen and oxygen atoms in total. The normalized spacial score (nSPS) is 22.7. The van der Waals surface area contributed by atoms with Crippen LogP contribution >= 0.6 is 0 Å². The van der Waals surface area contributed by atoms with Gasteiger partial charge < -0.3 is 10.4 Å². The number of carboxylic acids is 1. The Balaban J connectivity index is 1.43. The highest BCUT2D eigenvalue weighted by molar-refractivity contribution is 5.94. The number of carboxylic acid groups (broad SMARTS) is 1. The molecule has 1 amide bonds. The van der Waals surface area contributed by atoms with Gasteiger partial charge in [0.25, 0.3) is 5.91 Å². The molecule has 37 heavy (non-hydrogen) atoms. The van der Waals surface area contributed by atoms with Crippen molar-refractivity contribution in [3.05, 3.63) is 95.1 Å². The molecule has 0 spiro atoms. The number of carbonyl (C=O) groups is 2. The van der Waals surface area contributed by atoms with Crippen LogP contribution in [0.15, 0.2) is 72.8 Å². The van der Waals surface area contributed by atoms with Crippen LogP contribution in [-0.2, 0) is 16.4 Å². The number of hydrogen-bond donors (Lipinski definition) is 2. The molecule has 3 atom stereocenters. The molecule has 5 rings (SSSR count). The second kappa shape index (κ2) is 9.69. The van der Waals surface area contributed by atoms with Crippen LogP contribution in [0.3, 0.4) is 0 Å². The maximum absolute atomic E-state index is 13.2. The summed E-state index contributed by atoms with van der Waals surface area (Å²) in [5, 5.41) is 11.4. The van der Waals surface area contributed by atoms with Gasteiger partial charge in [0, 0.05) is 17.5 Å². The zero-order valence-corrected chi connectivity index (χ0v) is 20.2. The first kappa shape index (κ1) is 25.1. The molecule has 2 fully saturated rings. The van der Waals surface area contributed by atoms with Gasteiger partial charge in [0.1, 0.15) is 0 Å². The lowest BCUT2D eigenvalue weighted by Crippen LogP contribution is -2.34. The van der Waals surface area contributed by atoms with E-state index in [0.717, 1.165) is 42.0 Å². The lowest BCUT2D eigenvalue weighted by atomic mass is 9.64. The van der Waals surface area contributed by atoms with Crippen molar-refractivity contribution in [1.29, 1.82) is 0 Å². The first-order valence-electron chi connectivity index (χ1n) is 12.6. The number of fused-ring (bicyclic) bond motifs is 2. The third kappa shape index (κ3) is 4.87. The predicted octanol–water partition coefficient (Wildman–Crippen LogP) is 6.68. The highest BCUT2D eigenvalue weighted by Gasteiger charge is 2.52. The minimum absolute atomic E-state index is 0.0713. The topological polar surface area (TPSA) is 66.4 Å². The number of nitrogens with one attached hydrogen (secondary N) is 1. The van der Waals surface area contributed by atoms with Crippen LogP contribution in [0.25, 0.3) is 11.1 Å². The third-order valence-corrected chi connectivity index (χ3v) is 8.06. The number of alkyl halides is 3. The fourth-order valence-corrected chi connectivity index (χ4v) is 6.34. The molecule has 3 unspecified atom stereocenters. The quantitative estimate of drug-likeness (QED) is 0.375. The summed E-state index contributed by atoms with van der Waals surface area (Å²) in [5.74, 6) is -0.174. The summed E-state index contributed by atoms with van der Waals surface area (Å²) >= 11 is 0. The number of aliphatic carboxylic acids is 1. The van der Waals surface area contributed by atoms with E-state index in [1.807, 2.05) is 36.4 Å². The zero-order chi connectivity index (χ0) is 26.2. The van der Waals surface area contributed by atoms with Crippen molar-refractivity contribution < 1.29 is 27.9 Å². The molecular formula is C30H28F3NO3. The van der Waals surface area contributed by atoms with E-state index in [1.54, 1.807) is 18.2 Å². The molecule has 192 valence electrons. The molecule has 7 heteroatoms. The fraction of sp³-hybridized carbons (Fsp3) is 0.333. The van der Waals surface area contributed by atoms with Crippen molar-refractivity contribution >= 4 is 11.9 Å². The van der Waals surface area contributed by atoms with E-state index in [0.29, 0.717) is 23.0 Å². The van der Waals surface area contributed by atoms with E-state index in [4.69, 9.17) is 5.11 Å². The largest absolute Gasteiger partial charge is 0.481 e. The lowest BCUT2D eigenvalue weighted by molar-refractivity contribution is -0.138. The standard InChI is InChI=1S/C30H28F3NO3/c31-30(32,33)26-3-1-2-22(17-26)20-5-10-23(11-6-20)29(18-19-4-9-25(29)16-19)24-12-7-21(8-13-24)28(37)34-15-14-27(35)36/h1-3,5-8,10-13,17,19,25H,4,9,14-16,18H2,(H,34,37)(H,35,36). The van der Waals surface area contributed by atoms with E-state index in [-0.39, 0.29) is 24.3 Å². The van der Waals surface area contributed by atoms with E-state index < -0.39 is 17.7 Å². The molecule has 3 aromatic carbocycles. The van der Waals surface area contributed by atoms with Crippen molar-refractivity contribution in [3.8, 4) is 11.1 Å². The monoisotopic (exact) mass is 507 g/mol. The van der Waals surface area contributed by atoms with Gasteiger partial charge in [-0.05, 0) is 77.6 Å². The molecule has 2 saturated carbocycles. The molecule has 0 radical (unpaired) electrons. The minimum atomic E-state index is -4.39. The molecule has 0 aromatic heterocycles. The molecule has 2 aliphatic carbocycles. The summed E-state index contributed by atoms with van der Waals surface area (Å²) in [5.41, 5.74) is 3.16. The van der Waals surface area contributed by atoms with Crippen LogP contribution in [0.2, 0.25) is 0 Å². The van der Waals surface area contributed by atoms with Crippen LogP contribution in [-0.4, -0.2) is 23.5 Å². The number of hydrogen-bond acceptors (Lipinski definition) is 2. The van der Waals surface area contributed by atoms with Gasteiger partial charge in [-0.15, -0.1) is 0 Å². The van der Waals surface area contributed by atoms with E-state index in [1.165, 1.54) is 18.6 Å². The van der Waals surface area contributed by atoms with Gasteiger partial charge in [0.15, 0.2) is 0 Å². The third-order valence-electron chi connectivity index (χ3n) is 8.06. The molecule has 3 aromatic rings. The summed E-state index contributed by atoms with van der Waals surface area (Å²) in [6.45, 7) is 0.0713. The Morgan fingerprint density at radius 3 is 2.16 bits per heavy atom. The van der Waals surface area contributed by atoms with Crippen molar-refractivity contribution in [2.24, 2.45) is 11.8 Å². The zero-order valence-electron chi connectivity index (χ0n) is 20.2. The van der Waals surface area contributed by atoms with Crippen molar-refractivity contribution in [2.45, 2.75) is 43.7 Å². The van der Waals surface area contributed by atoms with Crippen molar-refractivity contribution in [3.63, 3.8) is 0 Å². The molecule has 0 aliphatic heterocycles. The molecule has 2 bridgehead atoms. The van der Waals surface area contributed by atoms with Crippen LogP contribution in [0.5, 0.6) is 0 Å². The van der Waals surface area contributed by atoms with Gasteiger partial charge in [-0.25, -0.2) is 0 Å². The highest BCUT2D eigenvalue weighted by Crippen LogP contribution is 2.60. The Bertz CT molecular complexity index is 1300. The first-order chi connectivity index (χ1) is 17.7.